The highest BCUT2D eigenvalue weighted by molar-refractivity contribution is 5.48. The second kappa shape index (κ2) is 5.54. The van der Waals surface area contributed by atoms with Crippen LogP contribution < -0.4 is 5.32 Å². The van der Waals surface area contributed by atoms with Gasteiger partial charge in [-0.3, -0.25) is 0 Å². The zero-order valence-corrected chi connectivity index (χ0v) is 11.9. The van der Waals surface area contributed by atoms with Crippen LogP contribution in [0.25, 0.3) is 6.08 Å². The Labute approximate surface area is 105 Å². The lowest BCUT2D eigenvalue weighted by Crippen LogP contribution is -2.37. The summed E-state index contributed by atoms with van der Waals surface area (Å²) in [7, 11) is 0. The van der Waals surface area contributed by atoms with E-state index in [1.165, 1.54) is 5.57 Å². The van der Waals surface area contributed by atoms with Crippen molar-refractivity contribution >= 4 is 6.08 Å². The Morgan fingerprint density at radius 1 is 1.35 bits per heavy atom. The number of hydrogen-bond acceptors (Lipinski definition) is 2. The van der Waals surface area contributed by atoms with E-state index in [0.717, 1.165) is 18.1 Å². The van der Waals surface area contributed by atoms with Gasteiger partial charge in [-0.05, 0) is 51.8 Å². The predicted octanol–water partition coefficient (Wildman–Crippen LogP) is 4.02. The Hall–Kier alpha value is -1.02. The van der Waals surface area contributed by atoms with E-state index in [0.29, 0.717) is 5.92 Å². The summed E-state index contributed by atoms with van der Waals surface area (Å²) in [6.07, 6.45) is 2.15. The van der Waals surface area contributed by atoms with E-state index in [4.69, 9.17) is 4.42 Å². The van der Waals surface area contributed by atoms with E-state index in [2.05, 4.69) is 46.0 Å². The normalized spacial score (nSPS) is 13.5. The lowest BCUT2D eigenvalue weighted by Gasteiger charge is -2.23. The van der Waals surface area contributed by atoms with Crippen molar-refractivity contribution in [3.8, 4) is 0 Å². The Morgan fingerprint density at radius 3 is 2.41 bits per heavy atom. The smallest absolute Gasteiger partial charge is 0.127 e. The van der Waals surface area contributed by atoms with Gasteiger partial charge in [-0.15, -0.1) is 0 Å². The first kappa shape index (κ1) is 14.0. The van der Waals surface area contributed by atoms with Gasteiger partial charge >= 0.3 is 0 Å². The van der Waals surface area contributed by atoms with E-state index < -0.39 is 0 Å². The van der Waals surface area contributed by atoms with E-state index in [9.17, 15) is 0 Å². The summed E-state index contributed by atoms with van der Waals surface area (Å²) < 4.78 is 5.59. The topological polar surface area (TPSA) is 25.2 Å². The van der Waals surface area contributed by atoms with Crippen LogP contribution in [-0.4, -0.2) is 12.1 Å². The number of rotatable bonds is 4. The van der Waals surface area contributed by atoms with Crippen molar-refractivity contribution in [3.63, 3.8) is 0 Å². The number of furan rings is 1. The van der Waals surface area contributed by atoms with Crippen molar-refractivity contribution in [2.45, 2.75) is 47.1 Å². The first-order valence-corrected chi connectivity index (χ1v) is 6.30. The third-order valence-electron chi connectivity index (χ3n) is 2.65. The molecule has 0 aliphatic rings. The van der Waals surface area contributed by atoms with Crippen LogP contribution in [0.3, 0.4) is 0 Å². The summed E-state index contributed by atoms with van der Waals surface area (Å²) in [4.78, 5) is 0. The second-order valence-corrected chi connectivity index (χ2v) is 5.93. The van der Waals surface area contributed by atoms with E-state index in [1.807, 2.05) is 19.1 Å². The maximum Gasteiger partial charge on any atom is 0.127 e. The Bertz CT molecular complexity index is 380. The van der Waals surface area contributed by atoms with Crippen molar-refractivity contribution in [2.75, 3.05) is 6.54 Å². The summed E-state index contributed by atoms with van der Waals surface area (Å²) in [6.45, 7) is 13.9. The number of hydrogen-bond donors (Lipinski definition) is 1. The molecule has 0 amide bonds. The van der Waals surface area contributed by atoms with Crippen LogP contribution >= 0.6 is 0 Å². The van der Waals surface area contributed by atoms with Gasteiger partial charge in [0, 0.05) is 12.1 Å². The molecule has 0 radical (unpaired) electrons. The van der Waals surface area contributed by atoms with Crippen molar-refractivity contribution in [1.82, 2.24) is 5.32 Å². The van der Waals surface area contributed by atoms with Gasteiger partial charge < -0.3 is 9.73 Å². The molecule has 0 aliphatic heterocycles. The fourth-order valence-electron chi connectivity index (χ4n) is 1.50. The molecule has 0 spiro atoms. The highest BCUT2D eigenvalue weighted by Gasteiger charge is 2.11. The Balaban J connectivity index is 2.76. The molecule has 17 heavy (non-hydrogen) atoms. The molecular weight excluding hydrogens is 210 g/mol. The lowest BCUT2D eigenvalue weighted by atomic mass is 10.0. The fourth-order valence-corrected chi connectivity index (χ4v) is 1.50. The lowest BCUT2D eigenvalue weighted by molar-refractivity contribution is 0.436. The molecule has 1 N–H and O–H groups in total. The number of aryl methyl sites for hydroxylation is 1. The molecule has 2 heteroatoms. The molecule has 0 aromatic carbocycles. The number of nitrogens with one attached hydrogen (secondary N) is 1. The molecule has 1 heterocycles. The highest BCUT2D eigenvalue weighted by atomic mass is 16.3. The third kappa shape index (κ3) is 5.22. The van der Waals surface area contributed by atoms with Crippen molar-refractivity contribution in [2.24, 2.45) is 5.92 Å². The molecule has 0 fully saturated rings. The largest absolute Gasteiger partial charge is 0.462 e. The minimum absolute atomic E-state index is 0.146. The fraction of sp³-hybridized carbons (Fsp3) is 0.600. The third-order valence-corrected chi connectivity index (χ3v) is 2.65. The Morgan fingerprint density at radius 2 is 2.00 bits per heavy atom. The molecule has 0 atom stereocenters. The van der Waals surface area contributed by atoms with Gasteiger partial charge in [-0.1, -0.05) is 19.4 Å². The molecule has 0 aliphatic carbocycles. The standard InChI is InChI=1S/C15H25NO/c1-11(2)13(10-16-15(4,5)6)9-14-8-7-12(3)17-14/h7-9,11,16H,10H2,1-6H3. The van der Waals surface area contributed by atoms with E-state index >= 15 is 0 Å². The SMILES string of the molecule is Cc1ccc(C=C(CNC(C)(C)C)C(C)C)o1. The summed E-state index contributed by atoms with van der Waals surface area (Å²) in [5, 5.41) is 3.52. The molecule has 0 saturated heterocycles. The van der Waals surface area contributed by atoms with Crippen molar-refractivity contribution in [3.05, 3.63) is 29.2 Å². The van der Waals surface area contributed by atoms with Crippen LogP contribution in [0.2, 0.25) is 0 Å². The minimum atomic E-state index is 0.146. The molecule has 0 unspecified atom stereocenters. The summed E-state index contributed by atoms with van der Waals surface area (Å²) in [5.41, 5.74) is 1.52. The van der Waals surface area contributed by atoms with Crippen LogP contribution in [-0.2, 0) is 0 Å². The highest BCUT2D eigenvalue weighted by Crippen LogP contribution is 2.17. The van der Waals surface area contributed by atoms with Gasteiger partial charge in [0.2, 0.25) is 0 Å². The van der Waals surface area contributed by atoms with Crippen LogP contribution in [0.1, 0.15) is 46.1 Å². The quantitative estimate of drug-likeness (QED) is 0.852. The van der Waals surface area contributed by atoms with Crippen molar-refractivity contribution < 1.29 is 4.42 Å². The average molecular weight is 235 g/mol. The zero-order chi connectivity index (χ0) is 13.1. The summed E-state index contributed by atoms with van der Waals surface area (Å²) in [6, 6.07) is 4.02. The van der Waals surface area contributed by atoms with E-state index in [1.54, 1.807) is 0 Å². The maximum atomic E-state index is 5.59. The summed E-state index contributed by atoms with van der Waals surface area (Å²) >= 11 is 0. The molecule has 0 bridgehead atoms. The molecule has 1 aromatic heterocycles. The Kier molecular flexibility index (Phi) is 4.58. The average Bonchev–Trinajstić information content (AvgIpc) is 2.56. The molecule has 96 valence electrons. The van der Waals surface area contributed by atoms with Gasteiger partial charge in [0.15, 0.2) is 0 Å². The van der Waals surface area contributed by atoms with Crippen molar-refractivity contribution in [1.29, 1.82) is 0 Å². The molecule has 1 aromatic rings. The van der Waals surface area contributed by atoms with Gasteiger partial charge in [-0.25, -0.2) is 0 Å². The first-order chi connectivity index (χ1) is 7.78. The van der Waals surface area contributed by atoms with Crippen LogP contribution in [0, 0.1) is 12.8 Å². The monoisotopic (exact) mass is 235 g/mol. The summed E-state index contributed by atoms with van der Waals surface area (Å²) in [5.74, 6) is 2.43. The minimum Gasteiger partial charge on any atom is -0.462 e. The first-order valence-electron chi connectivity index (χ1n) is 6.30. The van der Waals surface area contributed by atoms with Gasteiger partial charge in [0.25, 0.3) is 0 Å². The molecule has 0 saturated carbocycles. The van der Waals surface area contributed by atoms with E-state index in [-0.39, 0.29) is 5.54 Å². The van der Waals surface area contributed by atoms with Crippen LogP contribution in [0.4, 0.5) is 0 Å². The second-order valence-electron chi connectivity index (χ2n) is 5.93. The van der Waals surface area contributed by atoms with Gasteiger partial charge in [0.1, 0.15) is 11.5 Å². The van der Waals surface area contributed by atoms with Gasteiger partial charge in [-0.2, -0.15) is 0 Å². The van der Waals surface area contributed by atoms with Crippen LogP contribution in [0.5, 0.6) is 0 Å². The molecule has 1 rings (SSSR count). The molecule has 2 nitrogen and oxygen atoms in total. The predicted molar refractivity (Wildman–Crippen MR) is 74.0 cm³/mol. The maximum absolute atomic E-state index is 5.59. The molecular formula is C15H25NO. The zero-order valence-electron chi connectivity index (χ0n) is 11.9. The van der Waals surface area contributed by atoms with Gasteiger partial charge in [0.05, 0.1) is 0 Å². The van der Waals surface area contributed by atoms with Crippen LogP contribution in [0.15, 0.2) is 22.1 Å².